The van der Waals surface area contributed by atoms with Gasteiger partial charge in [-0.25, -0.2) is 4.79 Å². The number of hydrogen-bond donors (Lipinski definition) is 1. The van der Waals surface area contributed by atoms with E-state index in [0.29, 0.717) is 28.1 Å². The summed E-state index contributed by atoms with van der Waals surface area (Å²) in [7, 11) is 1.51. The zero-order valence-electron chi connectivity index (χ0n) is 17.5. The quantitative estimate of drug-likeness (QED) is 0.589. The molecule has 3 rings (SSSR count). The van der Waals surface area contributed by atoms with Crippen LogP contribution in [-0.4, -0.2) is 25.1 Å². The Balaban J connectivity index is 1.80. The van der Waals surface area contributed by atoms with E-state index in [1.807, 2.05) is 13.0 Å². The lowest BCUT2D eigenvalue weighted by molar-refractivity contribution is -0.123. The van der Waals surface area contributed by atoms with Gasteiger partial charge in [-0.05, 0) is 49.2 Å². The van der Waals surface area contributed by atoms with E-state index < -0.39 is 18.0 Å². The monoisotopic (exact) mass is 414 g/mol. The highest BCUT2D eigenvalue weighted by Crippen LogP contribution is 2.28. The first kappa shape index (κ1) is 21.6. The number of nitrogens with one attached hydrogen (secondary N) is 1. The van der Waals surface area contributed by atoms with Gasteiger partial charge in [0.1, 0.15) is 5.75 Å². The minimum Gasteiger partial charge on any atom is -0.495 e. The van der Waals surface area contributed by atoms with E-state index in [0.717, 1.165) is 5.56 Å². The van der Waals surface area contributed by atoms with Crippen LogP contribution < -0.4 is 10.1 Å². The largest absolute Gasteiger partial charge is 0.495 e. The Morgan fingerprint density at radius 1 is 1.00 bits per heavy atom. The predicted molar refractivity (Wildman–Crippen MR) is 118 cm³/mol. The van der Waals surface area contributed by atoms with Crippen LogP contribution in [0.25, 0.3) is 11.1 Å². The fraction of sp³-hybridized carbons (Fsp3) is 0.160. The van der Waals surface area contributed by atoms with Crippen LogP contribution in [0.4, 0.5) is 5.69 Å². The predicted octanol–water partition coefficient (Wildman–Crippen LogP) is 4.73. The summed E-state index contributed by atoms with van der Waals surface area (Å²) in [6, 6.07) is 21.4. The summed E-state index contributed by atoms with van der Waals surface area (Å²) in [5, 5.41) is 12.1. The number of anilines is 1. The molecule has 156 valence electrons. The van der Waals surface area contributed by atoms with E-state index in [2.05, 4.69) is 11.4 Å². The average Bonchev–Trinajstić information content (AvgIpc) is 2.79. The second kappa shape index (κ2) is 9.59. The van der Waals surface area contributed by atoms with E-state index >= 15 is 0 Å². The van der Waals surface area contributed by atoms with E-state index in [9.17, 15) is 14.9 Å². The van der Waals surface area contributed by atoms with Gasteiger partial charge in [-0.2, -0.15) is 5.26 Å². The highest BCUT2D eigenvalue weighted by molar-refractivity contribution is 6.01. The molecule has 6 heteroatoms. The number of aryl methyl sites for hydroxylation is 1. The van der Waals surface area contributed by atoms with Gasteiger partial charge in [0.15, 0.2) is 6.10 Å². The van der Waals surface area contributed by atoms with Crippen LogP contribution in [0.1, 0.15) is 28.4 Å². The second-order valence-electron chi connectivity index (χ2n) is 6.94. The number of carbonyl (C=O) groups excluding carboxylic acids is 2. The highest BCUT2D eigenvalue weighted by Gasteiger charge is 2.22. The first-order valence-electron chi connectivity index (χ1n) is 9.69. The average molecular weight is 414 g/mol. The van der Waals surface area contributed by atoms with Crippen molar-refractivity contribution < 1.29 is 19.1 Å². The van der Waals surface area contributed by atoms with Gasteiger partial charge in [0.05, 0.1) is 30.0 Å². The summed E-state index contributed by atoms with van der Waals surface area (Å²) in [4.78, 5) is 25.5. The molecule has 0 aliphatic carbocycles. The molecule has 3 aromatic carbocycles. The van der Waals surface area contributed by atoms with E-state index in [-0.39, 0.29) is 5.56 Å². The Morgan fingerprint density at radius 3 is 2.39 bits per heavy atom. The summed E-state index contributed by atoms with van der Waals surface area (Å²) >= 11 is 0. The second-order valence-corrected chi connectivity index (χ2v) is 6.94. The zero-order chi connectivity index (χ0) is 22.4. The van der Waals surface area contributed by atoms with Crippen molar-refractivity contribution in [1.29, 1.82) is 5.26 Å². The maximum absolute atomic E-state index is 12.9. The molecule has 31 heavy (non-hydrogen) atoms. The number of hydrogen-bond acceptors (Lipinski definition) is 5. The molecule has 0 saturated carbocycles. The third kappa shape index (κ3) is 4.90. The first-order valence-corrected chi connectivity index (χ1v) is 9.69. The Labute approximate surface area is 181 Å². The van der Waals surface area contributed by atoms with Crippen LogP contribution in [0, 0.1) is 18.3 Å². The molecule has 0 saturated heterocycles. The van der Waals surface area contributed by atoms with Gasteiger partial charge < -0.3 is 14.8 Å². The summed E-state index contributed by atoms with van der Waals surface area (Å²) in [6.45, 7) is 3.40. The van der Waals surface area contributed by atoms with Crippen molar-refractivity contribution in [2.24, 2.45) is 0 Å². The van der Waals surface area contributed by atoms with Crippen molar-refractivity contribution in [3.63, 3.8) is 0 Å². The van der Waals surface area contributed by atoms with Crippen LogP contribution in [0.15, 0.2) is 66.7 Å². The number of nitriles is 1. The van der Waals surface area contributed by atoms with Gasteiger partial charge in [0.2, 0.25) is 0 Å². The van der Waals surface area contributed by atoms with Gasteiger partial charge in [0.25, 0.3) is 5.91 Å². The molecule has 0 fully saturated rings. The Kier molecular flexibility index (Phi) is 6.68. The fourth-order valence-electron chi connectivity index (χ4n) is 3.14. The minimum absolute atomic E-state index is 0.276. The number of ether oxygens (including phenoxy) is 2. The zero-order valence-corrected chi connectivity index (χ0v) is 17.5. The molecule has 1 amide bonds. The number of methoxy groups -OCH3 is 1. The third-order valence-electron chi connectivity index (χ3n) is 4.75. The smallest absolute Gasteiger partial charge is 0.339 e. The number of benzene rings is 3. The van der Waals surface area contributed by atoms with Crippen molar-refractivity contribution in [1.82, 2.24) is 0 Å². The van der Waals surface area contributed by atoms with E-state index in [1.54, 1.807) is 60.7 Å². The topological polar surface area (TPSA) is 88.4 Å². The summed E-state index contributed by atoms with van der Waals surface area (Å²) in [5.74, 6) is -0.620. The number of carbonyl (C=O) groups is 2. The molecule has 0 radical (unpaired) electrons. The summed E-state index contributed by atoms with van der Waals surface area (Å²) in [5.41, 5.74) is 3.36. The van der Waals surface area contributed by atoms with Crippen LogP contribution in [0.2, 0.25) is 0 Å². The lowest BCUT2D eigenvalue weighted by Gasteiger charge is -2.17. The SMILES string of the molecule is COc1ccc(C)cc1NC(=O)[C@@H](C)OC(=O)c1ccccc1-c1ccccc1C#N. The number of esters is 1. The molecule has 0 bridgehead atoms. The maximum Gasteiger partial charge on any atom is 0.339 e. The summed E-state index contributed by atoms with van der Waals surface area (Å²) < 4.78 is 10.7. The minimum atomic E-state index is -1.04. The van der Waals surface area contributed by atoms with E-state index in [1.165, 1.54) is 14.0 Å². The molecule has 3 aromatic rings. The Morgan fingerprint density at radius 2 is 1.68 bits per heavy atom. The highest BCUT2D eigenvalue weighted by atomic mass is 16.5. The van der Waals surface area contributed by atoms with Gasteiger partial charge in [0, 0.05) is 5.56 Å². The van der Waals surface area contributed by atoms with Crippen molar-refractivity contribution in [2.45, 2.75) is 20.0 Å². The van der Waals surface area contributed by atoms with Crippen molar-refractivity contribution in [3.8, 4) is 22.9 Å². The molecule has 6 nitrogen and oxygen atoms in total. The van der Waals surface area contributed by atoms with Crippen molar-refractivity contribution in [2.75, 3.05) is 12.4 Å². The van der Waals surface area contributed by atoms with Gasteiger partial charge in [-0.15, -0.1) is 0 Å². The molecule has 0 spiro atoms. The van der Waals surface area contributed by atoms with Gasteiger partial charge >= 0.3 is 5.97 Å². The van der Waals surface area contributed by atoms with Crippen LogP contribution in [-0.2, 0) is 9.53 Å². The Hall–Kier alpha value is -4.11. The van der Waals surface area contributed by atoms with Crippen molar-refractivity contribution >= 4 is 17.6 Å². The normalized spacial score (nSPS) is 11.2. The van der Waals surface area contributed by atoms with Gasteiger partial charge in [-0.1, -0.05) is 42.5 Å². The fourth-order valence-corrected chi connectivity index (χ4v) is 3.14. The number of amides is 1. The standard InChI is InChI=1S/C25H22N2O4/c1-16-12-13-23(30-3)22(14-16)27-24(28)17(2)31-25(29)21-11-7-6-10-20(21)19-9-5-4-8-18(19)15-26/h4-14,17H,1-3H3,(H,27,28)/t17-/m1/s1. The molecule has 1 N–H and O–H groups in total. The van der Waals surface area contributed by atoms with Crippen molar-refractivity contribution in [3.05, 3.63) is 83.4 Å². The number of nitrogens with zero attached hydrogens (tertiary/aromatic N) is 1. The maximum atomic E-state index is 12.9. The molecule has 0 aromatic heterocycles. The molecule has 0 aliphatic rings. The molecule has 0 unspecified atom stereocenters. The summed E-state index contributed by atoms with van der Waals surface area (Å²) in [6.07, 6.45) is -1.04. The lowest BCUT2D eigenvalue weighted by atomic mass is 9.96. The van der Waals surface area contributed by atoms with Crippen LogP contribution >= 0.6 is 0 Å². The van der Waals surface area contributed by atoms with Gasteiger partial charge in [-0.3, -0.25) is 4.79 Å². The molecule has 0 aliphatic heterocycles. The van der Waals surface area contributed by atoms with Crippen LogP contribution in [0.5, 0.6) is 5.75 Å². The van der Waals surface area contributed by atoms with Crippen LogP contribution in [0.3, 0.4) is 0 Å². The molecular weight excluding hydrogens is 392 g/mol. The number of rotatable bonds is 6. The lowest BCUT2D eigenvalue weighted by Crippen LogP contribution is -2.30. The third-order valence-corrected chi connectivity index (χ3v) is 4.75. The molecular formula is C25H22N2O4. The molecule has 0 heterocycles. The molecule has 1 atom stereocenters. The first-order chi connectivity index (χ1) is 14.9. The van der Waals surface area contributed by atoms with E-state index in [4.69, 9.17) is 9.47 Å². The Bertz CT molecular complexity index is 1160.